The number of thioether (sulfide) groups is 2. The van der Waals surface area contributed by atoms with Gasteiger partial charge in [0.25, 0.3) is 0 Å². The van der Waals surface area contributed by atoms with Gasteiger partial charge in [0.1, 0.15) is 23.9 Å². The number of hydrogen-bond donors (Lipinski definition) is 18. The van der Waals surface area contributed by atoms with Gasteiger partial charge in [0.15, 0.2) is 40.7 Å². The van der Waals surface area contributed by atoms with Crippen LogP contribution in [0.25, 0.3) is 0 Å². The number of nitrogens with two attached hydrogens (primary N) is 6. The highest BCUT2D eigenvalue weighted by atomic mass is 32.2. The van der Waals surface area contributed by atoms with E-state index >= 15 is 0 Å². The lowest BCUT2D eigenvalue weighted by Gasteiger charge is -2.27. The Kier molecular flexibility index (Phi) is 62.9. The van der Waals surface area contributed by atoms with Crippen molar-refractivity contribution >= 4 is 123 Å². The molecule has 1 rings (SSSR count). The number of aliphatic hydroxyl groups is 2. The van der Waals surface area contributed by atoms with Crippen molar-refractivity contribution in [3.8, 4) is 5.75 Å². The molecule has 0 bridgehead atoms. The lowest BCUT2D eigenvalue weighted by Crippen LogP contribution is -2.52. The molecule has 0 saturated heterocycles. The van der Waals surface area contributed by atoms with Crippen LogP contribution in [0.5, 0.6) is 5.75 Å². The van der Waals surface area contributed by atoms with Crippen LogP contribution in [-0.4, -0.2) is 232 Å². The smallest absolute Gasteiger partial charge is 0.304 e. The average molecular weight is 1820 g/mol. The standard InChI is InChI=1S/C89H153N15O20S2/c1-8-9-10-11-12-13-14-15-16-17-18-19-20-32-79(115)98-69(40-46-126-7)88(124)97-55-80(116)99-71(48-60-33-36-66(108)37-34-60)75(111)51-63(35-38-78(93)114)85(121)101-68(31-23-26-43-92)73(109)49-61(28-21-24-41-90)83(119)102-70(47-57(2)3)74(110)50-62(29-27-44-96-89(94)95)84(120)103-72(56-105)76(112)52-64(39-45-125-6)86(122)104-82(59(5)107)77(113)53-65(54-81(117)118)87(123)100-67(58(4)106)30-22-25-42-91/h33-34,36-37,57,59,61-65,67-72,82,105,107-108H,8-32,35,38-56,90-92H2,1-7H3,(H2,93,114)(H,97,124)(H,98,115)(H,99,116)(H,100,123)(H,101,121)(H,102,119)(H,103,120)(H,104,122)(H,117,118)(H4,94,95,96)/t59-,61-,62-,63-,64-,65+,67+,68+,69+,70+,71+,72+,82+/m1/s1. The molecule has 13 atom stereocenters. The molecule has 0 aromatic heterocycles. The van der Waals surface area contributed by atoms with Crippen LogP contribution >= 0.6 is 23.5 Å². The van der Waals surface area contributed by atoms with E-state index in [1.54, 1.807) is 20.1 Å². The number of aliphatic carboxylic acids is 1. The molecule has 0 radical (unpaired) electrons. The number of Topliss-reactive ketones (excluding diaryl/α,β-unsaturated/α-hetero) is 6. The quantitative estimate of drug-likeness (QED) is 0.0242. The summed E-state index contributed by atoms with van der Waals surface area (Å²) in [6, 6.07) is -3.58. The van der Waals surface area contributed by atoms with Crippen LogP contribution in [0.3, 0.4) is 0 Å². The number of hydrogen-bond acceptors (Lipinski definition) is 25. The van der Waals surface area contributed by atoms with Crippen molar-refractivity contribution in [3.63, 3.8) is 0 Å². The SMILES string of the molecule is CCCCCCCCCCCCCCCC(=O)N[C@@H](CCSC)C(=O)NCC(=O)N[C@@H](Cc1ccc(O)cc1)C(=O)C[C@@H](CCC(N)=O)C(=O)N[C@@H](CCCCN)C(=O)C[C@@H](CCCCN)C(=O)N[C@@H](CC(C)C)C(=O)C[C@@H](CCCN=C(N)N)C(=O)N[C@@H](CO)C(=O)C[C@@H](CCSC)C(=O)N[C@H](C(=O)C[C@@H](CC(=O)O)C(=O)N[C@@H](CCCCN)C(C)=O)[C@@H](C)O. The second kappa shape index (κ2) is 68.6. The van der Waals surface area contributed by atoms with Crippen molar-refractivity contribution in [3.05, 3.63) is 29.8 Å². The largest absolute Gasteiger partial charge is 0.508 e. The fraction of sp³-hybridized carbons (Fsp3) is 0.742. The summed E-state index contributed by atoms with van der Waals surface area (Å²) in [5.74, 6) is -18.9. The summed E-state index contributed by atoms with van der Waals surface area (Å²) in [5.41, 5.74) is 34.8. The molecule has 0 aliphatic carbocycles. The highest BCUT2D eigenvalue weighted by Gasteiger charge is 2.39. The lowest BCUT2D eigenvalue weighted by molar-refractivity contribution is -0.143. The third-order valence-electron chi connectivity index (χ3n) is 22.1. The van der Waals surface area contributed by atoms with E-state index in [1.807, 2.05) is 6.26 Å². The Morgan fingerprint density at radius 2 is 0.857 bits per heavy atom. The number of aliphatic imine (C=N–C) groups is 1. The minimum Gasteiger partial charge on any atom is -0.508 e. The zero-order valence-electron chi connectivity index (χ0n) is 75.8. The number of carboxylic acids is 1. The van der Waals surface area contributed by atoms with E-state index < -0.39 is 224 Å². The maximum atomic E-state index is 14.9. The first kappa shape index (κ1) is 116. The summed E-state index contributed by atoms with van der Waals surface area (Å²) < 4.78 is 0. The Hall–Kier alpha value is -8.49. The monoisotopic (exact) mass is 1820 g/mol. The van der Waals surface area contributed by atoms with E-state index in [2.05, 4.69) is 54.5 Å². The number of nitrogens with one attached hydrogen (secondary N) is 8. The maximum Gasteiger partial charge on any atom is 0.304 e. The van der Waals surface area contributed by atoms with Crippen molar-refractivity contribution in [2.45, 2.75) is 321 Å². The van der Waals surface area contributed by atoms with Crippen LogP contribution in [0.15, 0.2) is 29.3 Å². The number of amides is 9. The Morgan fingerprint density at radius 3 is 1.35 bits per heavy atom. The van der Waals surface area contributed by atoms with Gasteiger partial charge < -0.3 is 97.4 Å². The number of rotatable bonds is 78. The Balaban J connectivity index is 3.63. The van der Waals surface area contributed by atoms with Gasteiger partial charge in [0.2, 0.25) is 53.2 Å². The van der Waals surface area contributed by atoms with Crippen molar-refractivity contribution in [2.75, 3.05) is 63.3 Å². The topological polar surface area (TPSA) is 619 Å². The van der Waals surface area contributed by atoms with Crippen LogP contribution < -0.4 is 76.9 Å². The predicted molar refractivity (Wildman–Crippen MR) is 488 cm³/mol. The normalized spacial score (nSPS) is 14.4. The number of guanidine groups is 1. The second-order valence-electron chi connectivity index (χ2n) is 33.5. The fourth-order valence-electron chi connectivity index (χ4n) is 14.6. The molecule has 0 saturated carbocycles. The summed E-state index contributed by atoms with van der Waals surface area (Å²) in [6.45, 7) is 7.27. The number of primary amides is 1. The van der Waals surface area contributed by atoms with Crippen LogP contribution in [0, 0.1) is 35.5 Å². The summed E-state index contributed by atoms with van der Waals surface area (Å²) in [7, 11) is 0. The van der Waals surface area contributed by atoms with E-state index in [-0.39, 0.29) is 120 Å². The van der Waals surface area contributed by atoms with Crippen molar-refractivity contribution < 1.29 is 97.1 Å². The van der Waals surface area contributed by atoms with Crippen molar-refractivity contribution in [1.82, 2.24) is 42.5 Å². The molecular weight excluding hydrogens is 1660 g/mol. The molecule has 716 valence electrons. The van der Waals surface area contributed by atoms with Crippen LogP contribution in [0.4, 0.5) is 0 Å². The number of carbonyl (C=O) groups excluding carboxylic acids is 15. The van der Waals surface area contributed by atoms with Crippen molar-refractivity contribution in [2.24, 2.45) is 74.9 Å². The molecule has 37 heteroatoms. The number of phenolic OH excluding ortho intramolecular Hbond substituents is 1. The Labute approximate surface area is 753 Å². The van der Waals surface area contributed by atoms with Gasteiger partial charge in [-0.3, -0.25) is 81.7 Å². The fourth-order valence-corrected chi connectivity index (χ4v) is 15.6. The summed E-state index contributed by atoms with van der Waals surface area (Å²) in [4.78, 5) is 226. The van der Waals surface area contributed by atoms with Gasteiger partial charge in [-0.05, 0) is 184 Å². The van der Waals surface area contributed by atoms with Gasteiger partial charge in [-0.1, -0.05) is 116 Å². The van der Waals surface area contributed by atoms with Gasteiger partial charge in [-0.15, -0.1) is 0 Å². The van der Waals surface area contributed by atoms with Crippen LogP contribution in [-0.2, 0) is 83.1 Å². The van der Waals surface area contributed by atoms with Crippen LogP contribution in [0.2, 0.25) is 0 Å². The molecular formula is C89H153N15O20S2. The number of benzene rings is 1. The lowest BCUT2D eigenvalue weighted by atomic mass is 9.87. The summed E-state index contributed by atoms with van der Waals surface area (Å²) >= 11 is 2.77. The molecule has 0 aliphatic heterocycles. The van der Waals surface area contributed by atoms with Crippen molar-refractivity contribution in [1.29, 1.82) is 0 Å². The molecule has 0 spiro atoms. The molecule has 0 heterocycles. The van der Waals surface area contributed by atoms with E-state index in [9.17, 15) is 97.1 Å². The molecule has 126 heavy (non-hydrogen) atoms. The molecule has 35 nitrogen and oxygen atoms in total. The van der Waals surface area contributed by atoms with Crippen LogP contribution in [0.1, 0.15) is 271 Å². The highest BCUT2D eigenvalue weighted by Crippen LogP contribution is 2.26. The molecule has 0 aliphatic rings. The molecule has 1 aromatic rings. The predicted octanol–water partition coefficient (Wildman–Crippen LogP) is 4.50. The number of ketones is 6. The number of carboxylic acid groups (broad SMARTS) is 1. The third-order valence-corrected chi connectivity index (χ3v) is 23.3. The molecule has 0 fully saturated rings. The minimum absolute atomic E-state index is 0.00168. The van der Waals surface area contributed by atoms with Gasteiger partial charge in [0.05, 0.1) is 55.8 Å². The summed E-state index contributed by atoms with van der Waals surface area (Å²) in [5, 5.41) is 62.7. The number of unbranched alkanes of at least 4 members (excludes halogenated alkanes) is 15. The number of carbonyl (C=O) groups is 16. The Morgan fingerprint density at radius 1 is 0.429 bits per heavy atom. The zero-order chi connectivity index (χ0) is 94.5. The zero-order valence-corrected chi connectivity index (χ0v) is 77.4. The van der Waals surface area contributed by atoms with E-state index in [1.165, 1.54) is 113 Å². The van der Waals surface area contributed by atoms with Gasteiger partial charge in [-0.25, -0.2) is 0 Å². The number of aliphatic hydroxyl groups excluding tert-OH is 2. The number of nitrogens with zero attached hydrogens (tertiary/aromatic N) is 1. The van der Waals surface area contributed by atoms with Gasteiger partial charge in [-0.2, -0.15) is 23.5 Å². The van der Waals surface area contributed by atoms with Gasteiger partial charge in [0, 0.05) is 75.2 Å². The molecule has 1 aromatic carbocycles. The molecule has 24 N–H and O–H groups in total. The van der Waals surface area contributed by atoms with Gasteiger partial charge >= 0.3 is 5.97 Å². The third kappa shape index (κ3) is 52.1. The first-order valence-electron chi connectivity index (χ1n) is 45.2. The molecule has 9 amide bonds. The Bertz CT molecular complexity index is 3520. The van der Waals surface area contributed by atoms with E-state index in [0.717, 1.165) is 25.7 Å². The first-order chi connectivity index (χ1) is 60.0. The maximum absolute atomic E-state index is 14.9. The second-order valence-corrected chi connectivity index (χ2v) is 35.5. The first-order valence-corrected chi connectivity index (χ1v) is 48.0. The highest BCUT2D eigenvalue weighted by molar-refractivity contribution is 7.98. The summed E-state index contributed by atoms with van der Waals surface area (Å²) in [6.07, 6.45) is 15.1. The van der Waals surface area contributed by atoms with E-state index in [4.69, 9.17) is 34.4 Å². The minimum atomic E-state index is -1.73. The number of aromatic hydroxyl groups is 1. The average Bonchev–Trinajstić information content (AvgIpc) is 0.853. The van der Waals surface area contributed by atoms with E-state index in [0.29, 0.717) is 62.8 Å². The molecule has 0 unspecified atom stereocenters. The number of phenols is 1.